The van der Waals surface area contributed by atoms with E-state index in [1.165, 1.54) is 4.90 Å². The van der Waals surface area contributed by atoms with Gasteiger partial charge in [-0.05, 0) is 34.9 Å². The molecule has 4 nitrogen and oxygen atoms in total. The van der Waals surface area contributed by atoms with Crippen molar-refractivity contribution in [3.8, 4) is 0 Å². The van der Waals surface area contributed by atoms with E-state index in [0.29, 0.717) is 13.0 Å². The normalized spacial score (nSPS) is 25.5. The summed E-state index contributed by atoms with van der Waals surface area (Å²) in [6.45, 7) is 6.26. The smallest absolute Gasteiger partial charge is 0.410 e. The molecule has 17 heavy (non-hydrogen) atoms. The molecule has 0 aliphatic carbocycles. The Morgan fingerprint density at radius 3 is 2.53 bits per heavy atom. The summed E-state index contributed by atoms with van der Waals surface area (Å²) in [5.74, 6) is 0. The van der Waals surface area contributed by atoms with Gasteiger partial charge in [0.2, 0.25) is 0 Å². The minimum atomic E-state index is -0.938. The molecule has 1 fully saturated rings. The van der Waals surface area contributed by atoms with Crippen molar-refractivity contribution in [3.63, 3.8) is 0 Å². The van der Waals surface area contributed by atoms with Gasteiger partial charge in [0.1, 0.15) is 11.8 Å². The molecule has 0 N–H and O–H groups in total. The fourth-order valence-corrected chi connectivity index (χ4v) is 2.00. The average Bonchev–Trinajstić information content (AvgIpc) is 2.42. The first kappa shape index (κ1) is 14.2. The standard InChI is InChI=1S/C12H23FN2O2/c1-12(2,3)17-11(16)15-7-9(13)6-10(15)8-14(4)5/h9-10H,6-8H2,1-5H3/t9-,10-/m1/s1. The molecule has 1 heterocycles. The highest BCUT2D eigenvalue weighted by molar-refractivity contribution is 5.69. The highest BCUT2D eigenvalue weighted by Gasteiger charge is 2.37. The van der Waals surface area contributed by atoms with E-state index in [0.717, 1.165) is 0 Å². The number of carbonyl (C=O) groups excluding carboxylic acids is 1. The minimum absolute atomic E-state index is 0.0881. The fraction of sp³-hybridized carbons (Fsp3) is 0.917. The number of likely N-dealkylation sites (N-methyl/N-ethyl adjacent to an activating group) is 1. The number of rotatable bonds is 2. The molecule has 0 aromatic rings. The van der Waals surface area contributed by atoms with Gasteiger partial charge >= 0.3 is 6.09 Å². The van der Waals surface area contributed by atoms with Crippen molar-refractivity contribution in [2.45, 2.75) is 45.0 Å². The Morgan fingerprint density at radius 1 is 1.47 bits per heavy atom. The van der Waals surface area contributed by atoms with Gasteiger partial charge in [0.15, 0.2) is 0 Å². The van der Waals surface area contributed by atoms with Gasteiger partial charge in [-0.2, -0.15) is 0 Å². The number of halogens is 1. The van der Waals surface area contributed by atoms with Gasteiger partial charge in [-0.3, -0.25) is 0 Å². The number of hydrogen-bond acceptors (Lipinski definition) is 3. The zero-order valence-electron chi connectivity index (χ0n) is 11.4. The summed E-state index contributed by atoms with van der Waals surface area (Å²) in [7, 11) is 3.83. The van der Waals surface area contributed by atoms with Crippen LogP contribution in [0.3, 0.4) is 0 Å². The Kier molecular flexibility index (Phi) is 4.36. The molecule has 0 unspecified atom stereocenters. The largest absolute Gasteiger partial charge is 0.444 e. The van der Waals surface area contributed by atoms with Crippen molar-refractivity contribution < 1.29 is 13.9 Å². The van der Waals surface area contributed by atoms with E-state index in [4.69, 9.17) is 4.74 Å². The zero-order chi connectivity index (χ0) is 13.2. The van der Waals surface area contributed by atoms with Crippen molar-refractivity contribution in [1.29, 1.82) is 0 Å². The number of ether oxygens (including phenoxy) is 1. The van der Waals surface area contributed by atoms with Gasteiger partial charge in [-0.15, -0.1) is 0 Å². The maximum absolute atomic E-state index is 13.4. The van der Waals surface area contributed by atoms with Gasteiger partial charge in [0.25, 0.3) is 0 Å². The molecule has 2 atom stereocenters. The van der Waals surface area contributed by atoms with Crippen molar-refractivity contribution in [3.05, 3.63) is 0 Å². The van der Waals surface area contributed by atoms with Crippen molar-refractivity contribution >= 4 is 6.09 Å². The lowest BCUT2D eigenvalue weighted by atomic mass is 10.2. The summed E-state index contributed by atoms with van der Waals surface area (Å²) < 4.78 is 18.7. The molecule has 0 radical (unpaired) electrons. The number of amides is 1. The summed E-state index contributed by atoms with van der Waals surface area (Å²) in [4.78, 5) is 15.4. The van der Waals surface area contributed by atoms with Crippen molar-refractivity contribution in [2.75, 3.05) is 27.2 Å². The summed E-state index contributed by atoms with van der Waals surface area (Å²) >= 11 is 0. The van der Waals surface area contributed by atoms with Crippen LogP contribution >= 0.6 is 0 Å². The lowest BCUT2D eigenvalue weighted by Gasteiger charge is -2.29. The first-order valence-corrected chi connectivity index (χ1v) is 5.97. The van der Waals surface area contributed by atoms with E-state index in [9.17, 15) is 9.18 Å². The van der Waals surface area contributed by atoms with Crippen LogP contribution in [-0.4, -0.2) is 60.9 Å². The lowest BCUT2D eigenvalue weighted by Crippen LogP contribution is -2.43. The van der Waals surface area contributed by atoms with Crippen LogP contribution < -0.4 is 0 Å². The van der Waals surface area contributed by atoms with Crippen molar-refractivity contribution in [2.24, 2.45) is 0 Å². The third-order valence-electron chi connectivity index (χ3n) is 2.57. The first-order valence-electron chi connectivity index (χ1n) is 5.97. The SMILES string of the molecule is CN(C)C[C@H]1C[C@@H](F)CN1C(=O)OC(C)(C)C. The van der Waals surface area contributed by atoms with Gasteiger partial charge < -0.3 is 14.5 Å². The Hall–Kier alpha value is -0.840. The Bertz CT molecular complexity index is 276. The molecular weight excluding hydrogens is 223 g/mol. The monoisotopic (exact) mass is 246 g/mol. The van der Waals surface area contributed by atoms with E-state index in [2.05, 4.69) is 0 Å². The van der Waals surface area contributed by atoms with Gasteiger partial charge in [-0.1, -0.05) is 0 Å². The molecule has 1 saturated heterocycles. The van der Waals surface area contributed by atoms with Gasteiger partial charge in [0, 0.05) is 13.0 Å². The van der Waals surface area contributed by atoms with E-state index in [1.54, 1.807) is 0 Å². The number of likely N-dealkylation sites (tertiary alicyclic amines) is 1. The highest BCUT2D eigenvalue weighted by atomic mass is 19.1. The van der Waals surface area contributed by atoms with Crippen LogP contribution in [0.4, 0.5) is 9.18 Å². The third kappa shape index (κ3) is 4.50. The summed E-state index contributed by atoms with van der Waals surface area (Å²) in [6, 6.07) is -0.0881. The molecule has 0 aromatic carbocycles. The number of carbonyl (C=O) groups is 1. The maximum Gasteiger partial charge on any atom is 0.410 e. The molecule has 0 bridgehead atoms. The predicted octanol–water partition coefficient (Wildman–Crippen LogP) is 1.90. The molecule has 0 spiro atoms. The highest BCUT2D eigenvalue weighted by Crippen LogP contribution is 2.23. The topological polar surface area (TPSA) is 32.8 Å². The van der Waals surface area contributed by atoms with Crippen molar-refractivity contribution in [1.82, 2.24) is 9.80 Å². The van der Waals surface area contributed by atoms with Crippen LogP contribution in [0, 0.1) is 0 Å². The van der Waals surface area contributed by atoms with E-state index in [1.807, 2.05) is 39.8 Å². The summed E-state index contributed by atoms with van der Waals surface area (Å²) in [6.07, 6.45) is -0.950. The molecular formula is C12H23FN2O2. The molecule has 1 aliphatic rings. The van der Waals surface area contributed by atoms with E-state index < -0.39 is 17.9 Å². The van der Waals surface area contributed by atoms with Crippen LogP contribution in [0.2, 0.25) is 0 Å². The number of hydrogen-bond donors (Lipinski definition) is 0. The Balaban J connectivity index is 2.63. The molecule has 100 valence electrons. The van der Waals surface area contributed by atoms with Gasteiger partial charge in [0.05, 0.1) is 12.6 Å². The Morgan fingerprint density at radius 2 is 2.06 bits per heavy atom. The summed E-state index contributed by atoms with van der Waals surface area (Å²) in [5.41, 5.74) is -0.534. The molecule has 1 aliphatic heterocycles. The van der Waals surface area contributed by atoms with Gasteiger partial charge in [-0.25, -0.2) is 9.18 Å². The first-order chi connectivity index (χ1) is 7.69. The van der Waals surface area contributed by atoms with Crippen LogP contribution in [0.15, 0.2) is 0 Å². The van der Waals surface area contributed by atoms with Crippen LogP contribution in [0.5, 0.6) is 0 Å². The second kappa shape index (κ2) is 5.21. The van der Waals surface area contributed by atoms with E-state index in [-0.39, 0.29) is 12.6 Å². The van der Waals surface area contributed by atoms with Crippen LogP contribution in [-0.2, 0) is 4.74 Å². The fourth-order valence-electron chi connectivity index (χ4n) is 2.00. The second-order valence-electron chi connectivity index (χ2n) is 5.88. The molecule has 0 saturated carbocycles. The molecule has 1 rings (SSSR count). The third-order valence-corrected chi connectivity index (χ3v) is 2.57. The molecule has 1 amide bonds. The van der Waals surface area contributed by atoms with Crippen LogP contribution in [0.25, 0.3) is 0 Å². The molecule has 0 aromatic heterocycles. The van der Waals surface area contributed by atoms with E-state index >= 15 is 0 Å². The minimum Gasteiger partial charge on any atom is -0.444 e. The molecule has 5 heteroatoms. The lowest BCUT2D eigenvalue weighted by molar-refractivity contribution is 0.0201. The summed E-state index contributed by atoms with van der Waals surface area (Å²) in [5, 5.41) is 0. The Labute approximate surface area is 103 Å². The average molecular weight is 246 g/mol. The maximum atomic E-state index is 13.4. The quantitative estimate of drug-likeness (QED) is 0.746. The number of alkyl halides is 1. The van der Waals surface area contributed by atoms with Crippen LogP contribution in [0.1, 0.15) is 27.2 Å². The number of nitrogens with zero attached hydrogens (tertiary/aromatic N) is 2. The zero-order valence-corrected chi connectivity index (χ0v) is 11.4. The second-order valence-corrected chi connectivity index (χ2v) is 5.88. The predicted molar refractivity (Wildman–Crippen MR) is 64.8 cm³/mol.